The van der Waals surface area contributed by atoms with Gasteiger partial charge in [-0.15, -0.1) is 0 Å². The molecule has 1 unspecified atom stereocenters. The van der Waals surface area contributed by atoms with E-state index in [4.69, 9.17) is 11.6 Å². The number of amides is 3. The van der Waals surface area contributed by atoms with Crippen LogP contribution >= 0.6 is 11.6 Å². The summed E-state index contributed by atoms with van der Waals surface area (Å²) in [6.07, 6.45) is 0.471. The molecule has 0 aromatic heterocycles. The van der Waals surface area contributed by atoms with Crippen molar-refractivity contribution >= 4 is 35.1 Å². The first-order valence-corrected chi connectivity index (χ1v) is 12.0. The quantitative estimate of drug-likeness (QED) is 0.433. The van der Waals surface area contributed by atoms with Crippen LogP contribution in [0.3, 0.4) is 0 Å². The topological polar surface area (TPSA) is 104 Å². The van der Waals surface area contributed by atoms with Gasteiger partial charge in [-0.3, -0.25) is 19.2 Å². The van der Waals surface area contributed by atoms with Gasteiger partial charge in [0.25, 0.3) is 11.8 Å². The van der Waals surface area contributed by atoms with E-state index in [-0.39, 0.29) is 22.9 Å². The molecule has 7 nitrogen and oxygen atoms in total. The Bertz CT molecular complexity index is 1050. The Hall–Kier alpha value is -3.19. The van der Waals surface area contributed by atoms with E-state index in [1.807, 2.05) is 44.2 Å². The number of Topliss-reactive ketones (excluding diaryl/α,β-unsaturated/α-hetero) is 1. The molecule has 0 saturated heterocycles. The van der Waals surface area contributed by atoms with Crippen LogP contribution in [0.25, 0.3) is 0 Å². The Labute approximate surface area is 212 Å². The number of hydrogen-bond donors (Lipinski definition) is 3. The van der Waals surface area contributed by atoms with Crippen molar-refractivity contribution < 1.29 is 19.2 Å². The van der Waals surface area contributed by atoms with Gasteiger partial charge in [0, 0.05) is 12.0 Å². The number of halogens is 1. The van der Waals surface area contributed by atoms with Gasteiger partial charge in [-0.1, -0.05) is 67.9 Å². The predicted molar refractivity (Wildman–Crippen MR) is 137 cm³/mol. The number of benzene rings is 2. The molecule has 188 valence electrons. The zero-order valence-electron chi connectivity index (χ0n) is 20.9. The maximum atomic E-state index is 13.3. The van der Waals surface area contributed by atoms with Crippen LogP contribution in [0, 0.1) is 5.92 Å². The predicted octanol–water partition coefficient (Wildman–Crippen LogP) is 3.70. The van der Waals surface area contributed by atoms with Crippen molar-refractivity contribution in [1.29, 1.82) is 0 Å². The van der Waals surface area contributed by atoms with E-state index in [9.17, 15) is 19.2 Å². The number of hydrogen-bond acceptors (Lipinski definition) is 4. The second kappa shape index (κ2) is 12.5. The molecule has 0 spiro atoms. The summed E-state index contributed by atoms with van der Waals surface area (Å²) in [5, 5.41) is 8.37. The first-order valence-electron chi connectivity index (χ1n) is 11.6. The third-order valence-electron chi connectivity index (χ3n) is 5.08. The van der Waals surface area contributed by atoms with Gasteiger partial charge in [-0.25, -0.2) is 0 Å². The second-order valence-corrected chi connectivity index (χ2v) is 10.4. The lowest BCUT2D eigenvalue weighted by atomic mass is 9.98. The molecule has 0 bridgehead atoms. The van der Waals surface area contributed by atoms with Gasteiger partial charge in [0.1, 0.15) is 12.1 Å². The van der Waals surface area contributed by atoms with Crippen molar-refractivity contribution in [3.63, 3.8) is 0 Å². The first kappa shape index (κ1) is 28.1. The molecule has 0 heterocycles. The summed E-state index contributed by atoms with van der Waals surface area (Å²) >= 11 is 6.14. The van der Waals surface area contributed by atoms with Crippen molar-refractivity contribution in [2.45, 2.75) is 65.1 Å². The zero-order valence-corrected chi connectivity index (χ0v) is 21.6. The Balaban J connectivity index is 2.26. The highest BCUT2D eigenvalue weighted by molar-refractivity contribution is 6.38. The van der Waals surface area contributed by atoms with Gasteiger partial charge in [-0.05, 0) is 50.8 Å². The van der Waals surface area contributed by atoms with Gasteiger partial charge in [-0.2, -0.15) is 0 Å². The molecule has 0 fully saturated rings. The van der Waals surface area contributed by atoms with Crippen molar-refractivity contribution in [3.8, 4) is 0 Å². The second-order valence-electron chi connectivity index (χ2n) is 9.95. The molecule has 8 heteroatoms. The molecular weight excluding hydrogens is 466 g/mol. The monoisotopic (exact) mass is 499 g/mol. The summed E-state index contributed by atoms with van der Waals surface area (Å²) in [5.41, 5.74) is 0.421. The summed E-state index contributed by atoms with van der Waals surface area (Å²) in [6.45, 7) is 9.15. The Morgan fingerprint density at radius 1 is 0.857 bits per heavy atom. The summed E-state index contributed by atoms with van der Waals surface area (Å²) < 4.78 is 0. The number of rotatable bonds is 10. The average Bonchev–Trinajstić information content (AvgIpc) is 2.77. The highest BCUT2D eigenvalue weighted by atomic mass is 35.5. The van der Waals surface area contributed by atoms with E-state index < -0.39 is 41.1 Å². The lowest BCUT2D eigenvalue weighted by Gasteiger charge is -2.25. The SMILES string of the molecule is CC(C)C[C@H](NC(=O)c1ccccc1Cl)C(=O)NC(Cc1ccccc1)C(=O)C(=O)NC(C)(C)C. The summed E-state index contributed by atoms with van der Waals surface area (Å²) in [5.74, 6) is -2.49. The van der Waals surface area contributed by atoms with Crippen LogP contribution in [0.5, 0.6) is 0 Å². The normalized spacial score (nSPS) is 13.0. The van der Waals surface area contributed by atoms with Gasteiger partial charge in [0.2, 0.25) is 11.7 Å². The molecule has 35 heavy (non-hydrogen) atoms. The molecule has 0 radical (unpaired) electrons. The van der Waals surface area contributed by atoms with Crippen LogP contribution in [0.1, 0.15) is 57.0 Å². The molecule has 0 saturated carbocycles. The van der Waals surface area contributed by atoms with E-state index in [0.29, 0.717) is 6.42 Å². The van der Waals surface area contributed by atoms with E-state index in [1.54, 1.807) is 45.0 Å². The highest BCUT2D eigenvalue weighted by Gasteiger charge is 2.32. The fourth-order valence-electron chi connectivity index (χ4n) is 3.48. The molecule has 0 aliphatic heterocycles. The molecule has 2 atom stereocenters. The lowest BCUT2D eigenvalue weighted by molar-refractivity contribution is -0.141. The van der Waals surface area contributed by atoms with Gasteiger partial charge >= 0.3 is 0 Å². The Morgan fingerprint density at radius 3 is 2.03 bits per heavy atom. The molecule has 3 N–H and O–H groups in total. The van der Waals surface area contributed by atoms with Crippen LogP contribution in [-0.2, 0) is 20.8 Å². The Kier molecular flexibility index (Phi) is 10.0. The van der Waals surface area contributed by atoms with Crippen LogP contribution in [0.4, 0.5) is 0 Å². The van der Waals surface area contributed by atoms with Crippen LogP contribution in [0.15, 0.2) is 54.6 Å². The standard InChI is InChI=1S/C27H34ClN3O4/c1-17(2)15-22(30-24(33)19-13-9-10-14-20(19)28)25(34)29-21(16-18-11-7-6-8-12-18)23(32)26(35)31-27(3,4)5/h6-14,17,21-22H,15-16H2,1-5H3,(H,29,34)(H,30,33)(H,31,35)/t21?,22-/m0/s1. The van der Waals surface area contributed by atoms with Crippen LogP contribution < -0.4 is 16.0 Å². The molecule has 2 rings (SSSR count). The number of carbonyl (C=O) groups excluding carboxylic acids is 4. The van der Waals surface area contributed by atoms with Crippen molar-refractivity contribution in [2.75, 3.05) is 0 Å². The summed E-state index contributed by atoms with van der Waals surface area (Å²) in [6, 6.07) is 13.6. The highest BCUT2D eigenvalue weighted by Crippen LogP contribution is 2.16. The van der Waals surface area contributed by atoms with E-state index in [2.05, 4.69) is 16.0 Å². The third kappa shape index (κ3) is 9.17. The van der Waals surface area contributed by atoms with Crippen LogP contribution in [0.2, 0.25) is 5.02 Å². The molecule has 2 aromatic carbocycles. The minimum atomic E-state index is -1.10. The maximum Gasteiger partial charge on any atom is 0.290 e. The first-order chi connectivity index (χ1) is 16.4. The van der Waals surface area contributed by atoms with Gasteiger partial charge < -0.3 is 16.0 Å². The fraction of sp³-hybridized carbons (Fsp3) is 0.407. The minimum Gasteiger partial charge on any atom is -0.345 e. The molecule has 2 aromatic rings. The van der Waals surface area contributed by atoms with Crippen molar-refractivity contribution in [3.05, 3.63) is 70.7 Å². The summed E-state index contributed by atoms with van der Waals surface area (Å²) in [7, 11) is 0. The van der Waals surface area contributed by atoms with E-state index in [1.165, 1.54) is 0 Å². The minimum absolute atomic E-state index is 0.0739. The molecule has 0 aliphatic carbocycles. The molecule has 0 aliphatic rings. The van der Waals surface area contributed by atoms with Crippen LogP contribution in [-0.4, -0.2) is 41.1 Å². The lowest BCUT2D eigenvalue weighted by Crippen LogP contribution is -2.56. The average molecular weight is 500 g/mol. The molecule has 3 amide bonds. The van der Waals surface area contributed by atoms with Crippen molar-refractivity contribution in [2.24, 2.45) is 5.92 Å². The van der Waals surface area contributed by atoms with Crippen molar-refractivity contribution in [1.82, 2.24) is 16.0 Å². The van der Waals surface area contributed by atoms with Gasteiger partial charge in [0.15, 0.2) is 0 Å². The molecular formula is C27H34ClN3O4. The third-order valence-corrected chi connectivity index (χ3v) is 5.40. The fourth-order valence-corrected chi connectivity index (χ4v) is 3.70. The maximum absolute atomic E-state index is 13.3. The number of ketones is 1. The number of carbonyl (C=O) groups is 4. The number of nitrogens with one attached hydrogen (secondary N) is 3. The van der Waals surface area contributed by atoms with E-state index in [0.717, 1.165) is 5.56 Å². The largest absolute Gasteiger partial charge is 0.345 e. The van der Waals surface area contributed by atoms with E-state index >= 15 is 0 Å². The summed E-state index contributed by atoms with van der Waals surface area (Å²) in [4.78, 5) is 51.8. The Morgan fingerprint density at radius 2 is 1.46 bits per heavy atom. The zero-order chi connectivity index (χ0) is 26.2. The van der Waals surface area contributed by atoms with Gasteiger partial charge in [0.05, 0.1) is 10.6 Å². The smallest absolute Gasteiger partial charge is 0.290 e.